The van der Waals surface area contributed by atoms with Crippen LogP contribution in [-0.2, 0) is 6.18 Å². The number of nitrogens with two attached hydrogens (primary N) is 1. The van der Waals surface area contributed by atoms with E-state index >= 15 is 0 Å². The van der Waals surface area contributed by atoms with Gasteiger partial charge in [-0.25, -0.2) is 4.98 Å². The van der Waals surface area contributed by atoms with Gasteiger partial charge in [0.2, 0.25) is 5.88 Å². The van der Waals surface area contributed by atoms with Crippen LogP contribution in [0.5, 0.6) is 5.88 Å². The predicted molar refractivity (Wildman–Crippen MR) is 76.6 cm³/mol. The molecule has 0 bridgehead atoms. The van der Waals surface area contributed by atoms with Crippen LogP contribution >= 0.6 is 0 Å². The SMILES string of the molecule is NC(=NCC1CCC1)NCCOc1ccc(C(F)(F)F)cn1. The smallest absolute Gasteiger partial charge is 0.417 e. The zero-order valence-electron chi connectivity index (χ0n) is 12.1. The number of ether oxygens (including phenoxy) is 1. The van der Waals surface area contributed by atoms with E-state index in [1.54, 1.807) is 0 Å². The second-order valence-corrected chi connectivity index (χ2v) is 5.18. The Morgan fingerprint density at radius 2 is 2.18 bits per heavy atom. The van der Waals surface area contributed by atoms with Gasteiger partial charge in [-0.3, -0.25) is 4.99 Å². The summed E-state index contributed by atoms with van der Waals surface area (Å²) < 4.78 is 42.3. The summed E-state index contributed by atoms with van der Waals surface area (Å²) in [6.07, 6.45) is 0.0378. The molecule has 8 heteroatoms. The number of nitrogens with one attached hydrogen (secondary N) is 1. The fourth-order valence-electron chi connectivity index (χ4n) is 1.93. The lowest BCUT2D eigenvalue weighted by molar-refractivity contribution is -0.137. The summed E-state index contributed by atoms with van der Waals surface area (Å²) in [5.74, 6) is 1.14. The quantitative estimate of drug-likeness (QED) is 0.479. The van der Waals surface area contributed by atoms with Crippen molar-refractivity contribution in [3.05, 3.63) is 23.9 Å². The van der Waals surface area contributed by atoms with Crippen molar-refractivity contribution < 1.29 is 17.9 Å². The number of aliphatic imine (C=N–C) groups is 1. The van der Waals surface area contributed by atoms with E-state index in [0.717, 1.165) is 18.8 Å². The number of nitrogens with zero attached hydrogens (tertiary/aromatic N) is 2. The van der Waals surface area contributed by atoms with Gasteiger partial charge in [-0.2, -0.15) is 13.2 Å². The maximum Gasteiger partial charge on any atom is 0.417 e. The van der Waals surface area contributed by atoms with Crippen LogP contribution in [0.4, 0.5) is 13.2 Å². The van der Waals surface area contributed by atoms with Gasteiger partial charge in [0.05, 0.1) is 12.1 Å². The van der Waals surface area contributed by atoms with Gasteiger partial charge in [0.15, 0.2) is 5.96 Å². The number of hydrogen-bond donors (Lipinski definition) is 2. The van der Waals surface area contributed by atoms with Gasteiger partial charge in [-0.1, -0.05) is 6.42 Å². The molecule has 2 rings (SSSR count). The molecular weight excluding hydrogens is 297 g/mol. The van der Waals surface area contributed by atoms with Crippen LogP contribution in [0.25, 0.3) is 0 Å². The first kappa shape index (κ1) is 16.4. The second-order valence-electron chi connectivity index (χ2n) is 5.18. The maximum absolute atomic E-state index is 12.4. The molecule has 1 aliphatic rings. The monoisotopic (exact) mass is 316 g/mol. The number of rotatable bonds is 6. The molecule has 0 atom stereocenters. The summed E-state index contributed by atoms with van der Waals surface area (Å²) in [7, 11) is 0. The molecule has 1 saturated carbocycles. The highest BCUT2D eigenvalue weighted by atomic mass is 19.4. The third kappa shape index (κ3) is 5.09. The van der Waals surface area contributed by atoms with E-state index in [1.807, 2.05) is 0 Å². The molecule has 0 aliphatic heterocycles. The molecule has 1 heterocycles. The van der Waals surface area contributed by atoms with Crippen LogP contribution in [0.1, 0.15) is 24.8 Å². The zero-order valence-corrected chi connectivity index (χ0v) is 12.1. The summed E-state index contributed by atoms with van der Waals surface area (Å²) in [4.78, 5) is 7.83. The standard InChI is InChI=1S/C14H19F3N4O/c15-14(16,17)11-4-5-12(20-9-11)22-7-6-19-13(18)21-8-10-2-1-3-10/h4-5,9-10H,1-3,6-8H2,(H3,18,19,21). The average molecular weight is 316 g/mol. The molecule has 0 aromatic carbocycles. The first-order valence-corrected chi connectivity index (χ1v) is 7.15. The van der Waals surface area contributed by atoms with E-state index in [-0.39, 0.29) is 12.5 Å². The fraction of sp³-hybridized carbons (Fsp3) is 0.571. The molecule has 1 aliphatic carbocycles. The van der Waals surface area contributed by atoms with Gasteiger partial charge in [0.25, 0.3) is 0 Å². The van der Waals surface area contributed by atoms with Gasteiger partial charge in [0, 0.05) is 18.8 Å². The van der Waals surface area contributed by atoms with Crippen LogP contribution in [-0.4, -0.2) is 30.6 Å². The highest BCUT2D eigenvalue weighted by molar-refractivity contribution is 5.77. The van der Waals surface area contributed by atoms with Crippen LogP contribution in [0.15, 0.2) is 23.3 Å². The van der Waals surface area contributed by atoms with Gasteiger partial charge in [0.1, 0.15) is 6.61 Å². The van der Waals surface area contributed by atoms with Crippen LogP contribution in [0.3, 0.4) is 0 Å². The first-order chi connectivity index (χ1) is 10.4. The van der Waals surface area contributed by atoms with Crippen LogP contribution in [0, 0.1) is 5.92 Å². The van der Waals surface area contributed by atoms with Crippen LogP contribution < -0.4 is 15.8 Å². The van der Waals surface area contributed by atoms with E-state index in [1.165, 1.54) is 25.3 Å². The average Bonchev–Trinajstić information content (AvgIpc) is 2.41. The Balaban J connectivity index is 1.65. The Morgan fingerprint density at radius 1 is 1.41 bits per heavy atom. The number of alkyl halides is 3. The van der Waals surface area contributed by atoms with Crippen molar-refractivity contribution in [3.8, 4) is 5.88 Å². The van der Waals surface area contributed by atoms with Crippen molar-refractivity contribution in [2.45, 2.75) is 25.4 Å². The maximum atomic E-state index is 12.4. The minimum atomic E-state index is -4.39. The number of hydrogen-bond acceptors (Lipinski definition) is 3. The van der Waals surface area contributed by atoms with E-state index < -0.39 is 11.7 Å². The fourth-order valence-corrected chi connectivity index (χ4v) is 1.93. The molecule has 0 spiro atoms. The topological polar surface area (TPSA) is 72.5 Å². The second kappa shape index (κ2) is 7.33. The van der Waals surface area contributed by atoms with Crippen molar-refractivity contribution >= 4 is 5.96 Å². The van der Waals surface area contributed by atoms with E-state index in [0.29, 0.717) is 18.4 Å². The minimum Gasteiger partial charge on any atom is -0.476 e. The molecule has 0 radical (unpaired) electrons. The predicted octanol–water partition coefficient (Wildman–Crippen LogP) is 2.18. The molecule has 122 valence electrons. The van der Waals surface area contributed by atoms with Gasteiger partial charge in [-0.15, -0.1) is 0 Å². The van der Waals surface area contributed by atoms with Crippen molar-refractivity contribution in [2.24, 2.45) is 16.6 Å². The molecule has 0 amide bonds. The highest BCUT2D eigenvalue weighted by Crippen LogP contribution is 2.29. The Bertz CT molecular complexity index is 498. The Kier molecular flexibility index (Phi) is 5.46. The summed E-state index contributed by atoms with van der Waals surface area (Å²) in [5.41, 5.74) is 4.89. The van der Waals surface area contributed by atoms with Crippen LogP contribution in [0.2, 0.25) is 0 Å². The minimum absolute atomic E-state index is 0.139. The van der Waals surface area contributed by atoms with Crippen molar-refractivity contribution in [1.29, 1.82) is 0 Å². The largest absolute Gasteiger partial charge is 0.476 e. The number of aromatic nitrogens is 1. The molecule has 5 nitrogen and oxygen atoms in total. The van der Waals surface area contributed by atoms with Crippen molar-refractivity contribution in [2.75, 3.05) is 19.7 Å². The third-order valence-corrected chi connectivity index (χ3v) is 3.47. The molecule has 1 aromatic heterocycles. The van der Waals surface area contributed by atoms with E-state index in [2.05, 4.69) is 15.3 Å². The summed E-state index contributed by atoms with van der Waals surface area (Å²) in [6.45, 7) is 1.38. The Hall–Kier alpha value is -1.99. The van der Waals surface area contributed by atoms with Gasteiger partial charge in [-0.05, 0) is 24.8 Å². The summed E-state index contributed by atoms with van der Waals surface area (Å²) in [5, 5.41) is 2.89. The first-order valence-electron chi connectivity index (χ1n) is 7.15. The number of guanidine groups is 1. The summed E-state index contributed by atoms with van der Waals surface area (Å²) in [6, 6.07) is 2.13. The van der Waals surface area contributed by atoms with Crippen molar-refractivity contribution in [1.82, 2.24) is 10.3 Å². The van der Waals surface area contributed by atoms with Gasteiger partial charge < -0.3 is 15.8 Å². The number of halogens is 3. The van der Waals surface area contributed by atoms with E-state index in [4.69, 9.17) is 10.5 Å². The lowest BCUT2D eigenvalue weighted by Crippen LogP contribution is -2.35. The molecule has 1 fully saturated rings. The molecule has 1 aromatic rings. The molecule has 3 N–H and O–H groups in total. The number of pyridine rings is 1. The Labute approximate surface area is 126 Å². The molecule has 22 heavy (non-hydrogen) atoms. The highest BCUT2D eigenvalue weighted by Gasteiger charge is 2.30. The molecular formula is C14H19F3N4O. The van der Waals surface area contributed by atoms with Crippen molar-refractivity contribution in [3.63, 3.8) is 0 Å². The third-order valence-electron chi connectivity index (χ3n) is 3.47. The van der Waals surface area contributed by atoms with Gasteiger partial charge >= 0.3 is 6.18 Å². The molecule has 0 unspecified atom stereocenters. The normalized spacial score (nSPS) is 16.2. The summed E-state index contributed by atoms with van der Waals surface area (Å²) >= 11 is 0. The molecule has 0 saturated heterocycles. The van der Waals surface area contributed by atoms with E-state index in [9.17, 15) is 13.2 Å². The lowest BCUT2D eigenvalue weighted by Gasteiger charge is -2.23. The zero-order chi connectivity index (χ0) is 16.0. The Morgan fingerprint density at radius 3 is 2.73 bits per heavy atom. The lowest BCUT2D eigenvalue weighted by atomic mass is 9.86.